The monoisotopic (exact) mass is 470 g/mol. The summed E-state index contributed by atoms with van der Waals surface area (Å²) >= 11 is 0. The first-order valence-electron chi connectivity index (χ1n) is 10.8. The minimum Gasteiger partial charge on any atom is -0.508 e. The lowest BCUT2D eigenvalue weighted by molar-refractivity contribution is 0.0734. The highest BCUT2D eigenvalue weighted by Crippen LogP contribution is 2.28. The summed E-state index contributed by atoms with van der Waals surface area (Å²) in [6.07, 6.45) is 1.37. The fourth-order valence-corrected chi connectivity index (χ4v) is 3.44. The molecule has 0 aromatic heterocycles. The molecule has 0 saturated heterocycles. The van der Waals surface area contributed by atoms with Crippen molar-refractivity contribution in [1.29, 1.82) is 0 Å². The number of carbonyl (C=O) groups excluding carboxylic acids is 2. The lowest BCUT2D eigenvalue weighted by Gasteiger charge is -2.11. The second-order valence-corrected chi connectivity index (χ2v) is 7.45. The molecule has 1 amide bonds. The number of phenols is 2. The molecule has 0 bridgehead atoms. The Morgan fingerprint density at radius 1 is 0.971 bits per heavy atom. The average molecular weight is 470 g/mol. The van der Waals surface area contributed by atoms with Crippen molar-refractivity contribution in [3.63, 3.8) is 0 Å². The largest absolute Gasteiger partial charge is 0.508 e. The molecule has 8 nitrogen and oxygen atoms in total. The SMILES string of the molecule is CCOc1ccc(C(=O)Oc2ccc3ccccc3c2C=NNC(=O)c2ccc(O)cc2O)cc1. The molecule has 8 heteroatoms. The van der Waals surface area contributed by atoms with Gasteiger partial charge in [0.05, 0.1) is 23.9 Å². The van der Waals surface area contributed by atoms with E-state index in [1.165, 1.54) is 18.3 Å². The lowest BCUT2D eigenvalue weighted by atomic mass is 10.0. The Labute approximate surface area is 201 Å². The Balaban J connectivity index is 1.60. The second-order valence-electron chi connectivity index (χ2n) is 7.45. The third-order valence-electron chi connectivity index (χ3n) is 5.12. The van der Waals surface area contributed by atoms with E-state index in [0.29, 0.717) is 23.5 Å². The molecule has 0 aliphatic heterocycles. The van der Waals surface area contributed by atoms with Gasteiger partial charge in [-0.1, -0.05) is 30.3 Å². The summed E-state index contributed by atoms with van der Waals surface area (Å²) in [5, 5.41) is 24.9. The van der Waals surface area contributed by atoms with Gasteiger partial charge in [-0.15, -0.1) is 0 Å². The van der Waals surface area contributed by atoms with Gasteiger partial charge in [-0.05, 0) is 60.2 Å². The fraction of sp³-hybridized carbons (Fsp3) is 0.0741. The van der Waals surface area contributed by atoms with Gasteiger partial charge < -0.3 is 19.7 Å². The van der Waals surface area contributed by atoms with Crippen molar-refractivity contribution in [3.8, 4) is 23.0 Å². The van der Waals surface area contributed by atoms with Gasteiger partial charge in [0.25, 0.3) is 5.91 Å². The fourth-order valence-electron chi connectivity index (χ4n) is 3.44. The number of hydrogen-bond donors (Lipinski definition) is 3. The maximum Gasteiger partial charge on any atom is 0.343 e. The topological polar surface area (TPSA) is 117 Å². The highest BCUT2D eigenvalue weighted by molar-refractivity contribution is 6.04. The van der Waals surface area contributed by atoms with Crippen LogP contribution in [0.2, 0.25) is 0 Å². The molecule has 176 valence electrons. The van der Waals surface area contributed by atoms with Crippen LogP contribution < -0.4 is 14.9 Å². The zero-order valence-corrected chi connectivity index (χ0v) is 18.8. The summed E-state index contributed by atoms with van der Waals surface area (Å²) in [5.74, 6) is -0.876. The zero-order chi connectivity index (χ0) is 24.8. The molecular formula is C27H22N2O6. The van der Waals surface area contributed by atoms with E-state index < -0.39 is 11.9 Å². The predicted octanol–water partition coefficient (Wildman–Crippen LogP) is 4.63. The third kappa shape index (κ3) is 5.39. The average Bonchev–Trinajstić information content (AvgIpc) is 2.85. The van der Waals surface area contributed by atoms with Crippen LogP contribution >= 0.6 is 0 Å². The number of rotatable bonds is 7. The first kappa shape index (κ1) is 23.3. The molecule has 0 heterocycles. The molecule has 0 saturated carbocycles. The number of hydrazone groups is 1. The van der Waals surface area contributed by atoms with Gasteiger partial charge >= 0.3 is 5.97 Å². The van der Waals surface area contributed by atoms with Crippen LogP contribution in [-0.4, -0.2) is 34.9 Å². The maximum absolute atomic E-state index is 12.8. The first-order valence-corrected chi connectivity index (χ1v) is 10.8. The van der Waals surface area contributed by atoms with E-state index in [4.69, 9.17) is 9.47 Å². The van der Waals surface area contributed by atoms with Crippen molar-refractivity contribution >= 4 is 28.9 Å². The van der Waals surface area contributed by atoms with Crippen LogP contribution in [0.3, 0.4) is 0 Å². The summed E-state index contributed by atoms with van der Waals surface area (Å²) in [6.45, 7) is 2.40. The Morgan fingerprint density at radius 2 is 1.74 bits per heavy atom. The lowest BCUT2D eigenvalue weighted by Crippen LogP contribution is -2.18. The number of ether oxygens (including phenoxy) is 2. The van der Waals surface area contributed by atoms with Crippen LogP contribution in [0.5, 0.6) is 23.0 Å². The normalized spacial score (nSPS) is 10.9. The van der Waals surface area contributed by atoms with E-state index >= 15 is 0 Å². The van der Waals surface area contributed by atoms with E-state index in [-0.39, 0.29) is 22.8 Å². The van der Waals surface area contributed by atoms with Gasteiger partial charge in [0.1, 0.15) is 23.0 Å². The number of phenolic OH excluding ortho intramolecular Hbond substituents is 2. The number of amides is 1. The quantitative estimate of drug-likeness (QED) is 0.157. The van der Waals surface area contributed by atoms with Gasteiger partial charge in [0.15, 0.2) is 0 Å². The Bertz CT molecular complexity index is 1410. The third-order valence-corrected chi connectivity index (χ3v) is 5.12. The molecule has 0 aliphatic carbocycles. The number of carbonyl (C=O) groups is 2. The summed E-state index contributed by atoms with van der Waals surface area (Å²) < 4.78 is 11.1. The van der Waals surface area contributed by atoms with Crippen LogP contribution in [0, 0.1) is 0 Å². The molecule has 4 aromatic carbocycles. The van der Waals surface area contributed by atoms with E-state index in [1.54, 1.807) is 30.3 Å². The van der Waals surface area contributed by atoms with Crippen molar-refractivity contribution in [3.05, 3.63) is 95.6 Å². The second kappa shape index (κ2) is 10.4. The summed E-state index contributed by atoms with van der Waals surface area (Å²) in [4.78, 5) is 25.2. The molecule has 4 aromatic rings. The summed E-state index contributed by atoms with van der Waals surface area (Å²) in [7, 11) is 0. The van der Waals surface area contributed by atoms with Gasteiger partial charge in [0.2, 0.25) is 0 Å². The Hall–Kier alpha value is -4.85. The molecule has 0 unspecified atom stereocenters. The number of benzene rings is 4. The van der Waals surface area contributed by atoms with Crippen molar-refractivity contribution in [1.82, 2.24) is 5.43 Å². The number of esters is 1. The molecule has 0 radical (unpaired) electrons. The van der Waals surface area contributed by atoms with Crippen molar-refractivity contribution in [2.75, 3.05) is 6.61 Å². The van der Waals surface area contributed by atoms with E-state index in [2.05, 4.69) is 10.5 Å². The summed E-state index contributed by atoms with van der Waals surface area (Å²) in [5.41, 5.74) is 3.11. The molecule has 0 atom stereocenters. The number of nitrogens with one attached hydrogen (secondary N) is 1. The van der Waals surface area contributed by atoms with E-state index in [0.717, 1.165) is 16.8 Å². The zero-order valence-electron chi connectivity index (χ0n) is 18.8. The highest BCUT2D eigenvalue weighted by Gasteiger charge is 2.15. The number of hydrogen-bond acceptors (Lipinski definition) is 7. The summed E-state index contributed by atoms with van der Waals surface area (Å²) in [6, 6.07) is 21.2. The maximum atomic E-state index is 12.8. The molecular weight excluding hydrogens is 448 g/mol. The van der Waals surface area contributed by atoms with Gasteiger partial charge in [-0.2, -0.15) is 5.10 Å². The molecule has 0 spiro atoms. The van der Waals surface area contributed by atoms with Crippen molar-refractivity contribution in [2.45, 2.75) is 6.92 Å². The van der Waals surface area contributed by atoms with Crippen molar-refractivity contribution < 1.29 is 29.3 Å². The number of nitrogens with zero attached hydrogens (tertiary/aromatic N) is 1. The standard InChI is InChI=1S/C27H22N2O6/c1-2-34-20-11-7-18(8-12-20)27(33)35-25-14-9-17-5-3-4-6-21(17)23(25)16-28-29-26(32)22-13-10-19(30)15-24(22)31/h3-16,30-31H,2H2,1H3,(H,29,32). The van der Waals surface area contributed by atoms with Gasteiger partial charge in [0, 0.05) is 11.6 Å². The molecule has 4 rings (SSSR count). The smallest absolute Gasteiger partial charge is 0.343 e. The van der Waals surface area contributed by atoms with Crippen molar-refractivity contribution in [2.24, 2.45) is 5.10 Å². The molecule has 3 N–H and O–H groups in total. The minimum atomic E-state index is -0.674. The Morgan fingerprint density at radius 3 is 2.49 bits per heavy atom. The van der Waals surface area contributed by atoms with E-state index in [9.17, 15) is 19.8 Å². The number of aromatic hydroxyl groups is 2. The molecule has 35 heavy (non-hydrogen) atoms. The molecule has 0 fully saturated rings. The minimum absolute atomic E-state index is 0.0555. The van der Waals surface area contributed by atoms with Gasteiger partial charge in [-0.3, -0.25) is 4.79 Å². The van der Waals surface area contributed by atoms with Gasteiger partial charge in [-0.25, -0.2) is 10.2 Å². The van der Waals surface area contributed by atoms with Crippen LogP contribution in [0.1, 0.15) is 33.2 Å². The van der Waals surface area contributed by atoms with Crippen LogP contribution in [-0.2, 0) is 0 Å². The first-order chi connectivity index (χ1) is 17.0. The highest BCUT2D eigenvalue weighted by atomic mass is 16.5. The van der Waals surface area contributed by atoms with Crippen LogP contribution in [0.15, 0.2) is 84.0 Å². The number of fused-ring (bicyclic) bond motifs is 1. The molecule has 0 aliphatic rings. The Kier molecular flexibility index (Phi) is 6.92. The predicted molar refractivity (Wildman–Crippen MR) is 131 cm³/mol. The van der Waals surface area contributed by atoms with Crippen LogP contribution in [0.4, 0.5) is 0 Å². The van der Waals surface area contributed by atoms with Crippen LogP contribution in [0.25, 0.3) is 10.8 Å². The van der Waals surface area contributed by atoms with E-state index in [1.807, 2.05) is 37.3 Å².